The molecule has 1 aliphatic carbocycles. The number of amides is 2. The quantitative estimate of drug-likeness (QED) is 0.496. The minimum absolute atomic E-state index is 0.201. The van der Waals surface area contributed by atoms with Crippen LogP contribution in [-0.4, -0.2) is 45.8 Å². The van der Waals surface area contributed by atoms with Gasteiger partial charge in [0, 0.05) is 24.3 Å². The average Bonchev–Trinajstić information content (AvgIpc) is 3.62. The molecule has 10 heteroatoms. The van der Waals surface area contributed by atoms with E-state index in [4.69, 9.17) is 4.74 Å². The predicted octanol–water partition coefficient (Wildman–Crippen LogP) is 3.59. The molecule has 9 nitrogen and oxygen atoms in total. The van der Waals surface area contributed by atoms with Crippen molar-refractivity contribution in [2.24, 2.45) is 13.0 Å². The average molecular weight is 495 g/mol. The van der Waals surface area contributed by atoms with Crippen molar-refractivity contribution in [2.75, 3.05) is 23.4 Å². The standard InChI is InChI=1S/C25H30N6O3S/c1-30-15-18(14-27-30)28-23(32)20(13-17-5-2-3-6-17)29-24(33)22-9-8-19(35-22)16-31-11-12-34-25-21(31)7-4-10-26-25/h4,7-10,14-15,17,20H,2-3,5-6,11-13,16H2,1H3,(H,28,32)(H,29,33)/t20-/m0/s1. The zero-order valence-electron chi connectivity index (χ0n) is 19.8. The molecule has 2 amide bonds. The van der Waals surface area contributed by atoms with Gasteiger partial charge in [0.05, 0.1) is 29.9 Å². The van der Waals surface area contributed by atoms with E-state index >= 15 is 0 Å². The number of hydrogen-bond acceptors (Lipinski definition) is 7. The molecule has 184 valence electrons. The Bertz CT molecular complexity index is 1190. The van der Waals surface area contributed by atoms with E-state index < -0.39 is 6.04 Å². The Morgan fingerprint density at radius 3 is 2.91 bits per heavy atom. The highest BCUT2D eigenvalue weighted by molar-refractivity contribution is 7.14. The summed E-state index contributed by atoms with van der Waals surface area (Å²) in [6, 6.07) is 7.12. The molecule has 1 atom stereocenters. The minimum atomic E-state index is -0.589. The number of carbonyl (C=O) groups excluding carboxylic acids is 2. The van der Waals surface area contributed by atoms with Crippen LogP contribution in [0.5, 0.6) is 5.88 Å². The SMILES string of the molecule is Cn1cc(NC(=O)[C@H](CC2CCCC2)NC(=O)c2ccc(CN3CCOc4ncccc43)s2)cn1. The monoisotopic (exact) mass is 494 g/mol. The van der Waals surface area contributed by atoms with Crippen molar-refractivity contribution in [3.05, 3.63) is 52.6 Å². The highest BCUT2D eigenvalue weighted by Crippen LogP contribution is 2.31. The summed E-state index contributed by atoms with van der Waals surface area (Å²) in [4.78, 5) is 34.4. The Morgan fingerprint density at radius 2 is 2.11 bits per heavy atom. The molecular formula is C25H30N6O3S. The number of hydrogen-bond donors (Lipinski definition) is 2. The van der Waals surface area contributed by atoms with E-state index in [1.54, 1.807) is 30.3 Å². The van der Waals surface area contributed by atoms with Gasteiger partial charge in [-0.25, -0.2) is 4.98 Å². The lowest BCUT2D eigenvalue weighted by Gasteiger charge is -2.29. The molecule has 0 unspecified atom stereocenters. The van der Waals surface area contributed by atoms with Gasteiger partial charge in [-0.3, -0.25) is 14.3 Å². The van der Waals surface area contributed by atoms with Crippen molar-refractivity contribution in [3.63, 3.8) is 0 Å². The number of fused-ring (bicyclic) bond motifs is 1. The number of carbonyl (C=O) groups is 2. The Labute approximate surface area is 208 Å². The molecule has 3 aromatic heterocycles. The number of ether oxygens (including phenoxy) is 1. The van der Waals surface area contributed by atoms with Gasteiger partial charge in [0.15, 0.2) is 0 Å². The van der Waals surface area contributed by atoms with E-state index in [0.717, 1.165) is 30.0 Å². The van der Waals surface area contributed by atoms with E-state index in [1.165, 1.54) is 24.2 Å². The number of nitrogens with zero attached hydrogens (tertiary/aromatic N) is 4. The third kappa shape index (κ3) is 5.64. The first-order valence-corrected chi connectivity index (χ1v) is 12.9. The number of thiophene rings is 1. The van der Waals surface area contributed by atoms with Crippen molar-refractivity contribution in [2.45, 2.75) is 44.7 Å². The molecule has 1 aliphatic heterocycles. The Morgan fingerprint density at radius 1 is 1.26 bits per heavy atom. The van der Waals surface area contributed by atoms with Crippen molar-refractivity contribution in [1.82, 2.24) is 20.1 Å². The lowest BCUT2D eigenvalue weighted by Crippen LogP contribution is -2.44. The maximum atomic E-state index is 13.2. The topological polar surface area (TPSA) is 101 Å². The first-order valence-electron chi connectivity index (χ1n) is 12.1. The van der Waals surface area contributed by atoms with Crippen LogP contribution in [0.3, 0.4) is 0 Å². The van der Waals surface area contributed by atoms with Gasteiger partial charge in [-0.05, 0) is 36.6 Å². The van der Waals surface area contributed by atoms with Gasteiger partial charge in [0.1, 0.15) is 18.3 Å². The maximum Gasteiger partial charge on any atom is 0.262 e. The molecule has 1 saturated carbocycles. The maximum absolute atomic E-state index is 13.2. The number of anilines is 2. The second kappa shape index (κ2) is 10.5. The first kappa shape index (κ1) is 23.3. The summed E-state index contributed by atoms with van der Waals surface area (Å²) < 4.78 is 7.28. The molecule has 0 spiro atoms. The largest absolute Gasteiger partial charge is 0.474 e. The summed E-state index contributed by atoms with van der Waals surface area (Å²) in [5.74, 6) is 0.679. The smallest absolute Gasteiger partial charge is 0.262 e. The molecule has 35 heavy (non-hydrogen) atoms. The van der Waals surface area contributed by atoms with Gasteiger partial charge in [0.2, 0.25) is 11.8 Å². The molecule has 5 rings (SSSR count). The van der Waals surface area contributed by atoms with Crippen molar-refractivity contribution in [3.8, 4) is 5.88 Å². The lowest BCUT2D eigenvalue weighted by atomic mass is 9.97. The van der Waals surface area contributed by atoms with Crippen LogP contribution in [0.4, 0.5) is 11.4 Å². The zero-order chi connectivity index (χ0) is 24.2. The van der Waals surface area contributed by atoms with Crippen LogP contribution in [-0.2, 0) is 18.4 Å². The zero-order valence-corrected chi connectivity index (χ0v) is 20.6. The fraction of sp³-hybridized carbons (Fsp3) is 0.440. The van der Waals surface area contributed by atoms with E-state index in [-0.39, 0.29) is 11.8 Å². The molecule has 2 aliphatic rings. The fourth-order valence-corrected chi connectivity index (χ4v) is 5.73. The fourth-order valence-electron chi connectivity index (χ4n) is 4.80. The first-order chi connectivity index (χ1) is 17.0. The molecule has 0 saturated heterocycles. The number of aromatic nitrogens is 3. The van der Waals surface area contributed by atoms with E-state index in [9.17, 15) is 9.59 Å². The summed E-state index contributed by atoms with van der Waals surface area (Å²) in [7, 11) is 1.80. The molecule has 3 aromatic rings. The van der Waals surface area contributed by atoms with E-state index in [1.807, 2.05) is 24.3 Å². The molecule has 2 N–H and O–H groups in total. The van der Waals surface area contributed by atoms with Crippen LogP contribution in [0.25, 0.3) is 0 Å². The highest BCUT2D eigenvalue weighted by atomic mass is 32.1. The third-order valence-electron chi connectivity index (χ3n) is 6.56. The minimum Gasteiger partial charge on any atom is -0.474 e. The highest BCUT2D eigenvalue weighted by Gasteiger charge is 2.28. The van der Waals surface area contributed by atoms with Crippen molar-refractivity contribution in [1.29, 1.82) is 0 Å². The van der Waals surface area contributed by atoms with Crippen molar-refractivity contribution < 1.29 is 14.3 Å². The number of nitrogens with one attached hydrogen (secondary N) is 2. The van der Waals surface area contributed by atoms with Gasteiger partial charge >= 0.3 is 0 Å². The number of pyridine rings is 1. The lowest BCUT2D eigenvalue weighted by molar-refractivity contribution is -0.118. The normalized spacial score (nSPS) is 16.4. The van der Waals surface area contributed by atoms with Gasteiger partial charge in [0.25, 0.3) is 5.91 Å². The van der Waals surface area contributed by atoms with Gasteiger partial charge in [-0.2, -0.15) is 5.10 Å². The van der Waals surface area contributed by atoms with Crippen molar-refractivity contribution >= 4 is 34.5 Å². The molecular weight excluding hydrogens is 464 g/mol. The summed E-state index contributed by atoms with van der Waals surface area (Å²) in [5, 5.41) is 10.0. The summed E-state index contributed by atoms with van der Waals surface area (Å²) in [5.41, 5.74) is 1.59. The molecule has 4 heterocycles. The molecule has 0 bridgehead atoms. The molecule has 0 radical (unpaired) electrons. The van der Waals surface area contributed by atoms with Crippen LogP contribution in [0.1, 0.15) is 46.7 Å². The Hall–Kier alpha value is -3.40. The van der Waals surface area contributed by atoms with E-state index in [0.29, 0.717) is 41.9 Å². The number of rotatable bonds is 8. The van der Waals surface area contributed by atoms with Crippen LogP contribution < -0.4 is 20.3 Å². The second-order valence-corrected chi connectivity index (χ2v) is 10.3. The molecule has 0 aromatic carbocycles. The van der Waals surface area contributed by atoms with E-state index in [2.05, 4.69) is 25.6 Å². The van der Waals surface area contributed by atoms with Gasteiger partial charge in [-0.15, -0.1) is 11.3 Å². The summed E-state index contributed by atoms with van der Waals surface area (Å²) in [6.07, 6.45) is 10.3. The van der Waals surface area contributed by atoms with Gasteiger partial charge in [-0.1, -0.05) is 25.7 Å². The van der Waals surface area contributed by atoms with Crippen LogP contribution >= 0.6 is 11.3 Å². The van der Waals surface area contributed by atoms with Crippen LogP contribution in [0.2, 0.25) is 0 Å². The third-order valence-corrected chi connectivity index (χ3v) is 7.63. The summed E-state index contributed by atoms with van der Waals surface area (Å²) in [6.45, 7) is 2.01. The molecule has 1 fully saturated rings. The van der Waals surface area contributed by atoms with Gasteiger partial charge < -0.3 is 20.3 Å². The second-order valence-electron chi connectivity index (χ2n) is 9.17. The predicted molar refractivity (Wildman–Crippen MR) is 135 cm³/mol. The van der Waals surface area contributed by atoms with Crippen LogP contribution in [0.15, 0.2) is 42.9 Å². The van der Waals surface area contributed by atoms with Crippen LogP contribution in [0, 0.1) is 5.92 Å². The summed E-state index contributed by atoms with van der Waals surface area (Å²) >= 11 is 1.45. The Balaban J connectivity index is 1.25. The number of aryl methyl sites for hydroxylation is 1. The Kier molecular flexibility index (Phi) is 6.98.